The van der Waals surface area contributed by atoms with Crippen molar-refractivity contribution >= 4 is 37.3 Å². The molecule has 1 unspecified atom stereocenters. The number of rotatable bonds is 5. The smallest absolute Gasteiger partial charge is 0.188 e. The fraction of sp³-hybridized carbons (Fsp3) is 0.533. The van der Waals surface area contributed by atoms with Crippen LogP contribution in [-0.4, -0.2) is 25.4 Å². The largest absolute Gasteiger partial charge is 0.494 e. The molecule has 1 saturated carbocycles. The highest BCUT2D eigenvalue weighted by Crippen LogP contribution is 2.45. The molecule has 116 valence electrons. The zero-order chi connectivity index (χ0) is 15.4. The fourth-order valence-electron chi connectivity index (χ4n) is 2.69. The number of carbonyl (C=O) groups is 1. The number of ether oxygens (including phenoxy) is 2. The van der Waals surface area contributed by atoms with Crippen LogP contribution >= 0.6 is 31.8 Å². The lowest BCUT2D eigenvalue weighted by atomic mass is 10.0. The predicted molar refractivity (Wildman–Crippen MR) is 89.1 cm³/mol. The third-order valence-corrected chi connectivity index (χ3v) is 5.78. The summed E-state index contributed by atoms with van der Waals surface area (Å²) in [5, 5.41) is 0.667. The van der Waals surface area contributed by atoms with E-state index in [1.807, 2.05) is 0 Å². The fourth-order valence-corrected chi connectivity index (χ4v) is 4.75. The zero-order valence-electron chi connectivity index (χ0n) is 12.2. The molecule has 1 aromatic carbocycles. The summed E-state index contributed by atoms with van der Waals surface area (Å²) in [5.74, 6) is 0.706. The summed E-state index contributed by atoms with van der Waals surface area (Å²) < 4.78 is 10.6. The van der Waals surface area contributed by atoms with Gasteiger partial charge in [-0.15, -0.1) is 0 Å². The van der Waals surface area contributed by atoms with Crippen molar-refractivity contribution in [2.75, 3.05) is 14.2 Å². The van der Waals surface area contributed by atoms with Gasteiger partial charge in [-0.25, -0.2) is 0 Å². The summed E-state index contributed by atoms with van der Waals surface area (Å²) in [5.41, 5.74) is 0.847. The Hall–Kier alpha value is -0.500. The molecule has 0 spiro atoms. The Morgan fingerprint density at radius 1 is 1.10 bits per heavy atom. The van der Waals surface area contributed by atoms with Crippen LogP contribution in [0.3, 0.4) is 0 Å². The Morgan fingerprint density at radius 3 is 2.10 bits per heavy atom. The monoisotopic (exact) mass is 348 g/mol. The van der Waals surface area contributed by atoms with Crippen molar-refractivity contribution in [3.05, 3.63) is 21.7 Å². The average Bonchev–Trinajstić information content (AvgIpc) is 2.47. The van der Waals surface area contributed by atoms with Crippen molar-refractivity contribution in [1.29, 1.82) is 0 Å². The number of carbonyl (C=O) groups excluding carboxylic acids is 1. The van der Waals surface area contributed by atoms with E-state index in [-0.39, 0.29) is 14.1 Å². The minimum Gasteiger partial charge on any atom is -0.494 e. The van der Waals surface area contributed by atoms with Crippen LogP contribution in [0.5, 0.6) is 11.5 Å². The lowest BCUT2D eigenvalue weighted by molar-refractivity contribution is 0.107. The van der Waals surface area contributed by atoms with Gasteiger partial charge in [0.15, 0.2) is 17.0 Å². The molecule has 1 aromatic rings. The summed E-state index contributed by atoms with van der Waals surface area (Å²) in [4.78, 5) is 12.7. The van der Waals surface area contributed by atoms with E-state index in [0.29, 0.717) is 32.8 Å². The van der Waals surface area contributed by atoms with Crippen LogP contribution in [0.25, 0.3) is 0 Å². The van der Waals surface area contributed by atoms with Crippen LogP contribution in [0.4, 0.5) is 0 Å². The van der Waals surface area contributed by atoms with Gasteiger partial charge in [-0.2, -0.15) is 0 Å². The number of halogens is 2. The van der Waals surface area contributed by atoms with Crippen LogP contribution in [-0.2, 0) is 0 Å². The Labute approximate surface area is 137 Å². The van der Waals surface area contributed by atoms with E-state index in [4.69, 9.17) is 32.7 Å². The van der Waals surface area contributed by atoms with E-state index in [2.05, 4.69) is 0 Å². The highest BCUT2D eigenvalue weighted by atomic mass is 35.5. The molecule has 6 heteroatoms. The molecule has 0 aromatic heterocycles. The molecular formula is C15H19Cl2O3P. The minimum atomic E-state index is 0.0139. The number of hydrogen-bond donors (Lipinski definition) is 0. The van der Waals surface area contributed by atoms with Crippen LogP contribution < -0.4 is 9.47 Å². The third-order valence-electron chi connectivity index (χ3n) is 3.72. The van der Waals surface area contributed by atoms with Gasteiger partial charge >= 0.3 is 0 Å². The quantitative estimate of drug-likeness (QED) is 0.689. The van der Waals surface area contributed by atoms with Crippen molar-refractivity contribution in [2.45, 2.75) is 37.8 Å². The molecular weight excluding hydrogens is 330 g/mol. The van der Waals surface area contributed by atoms with Gasteiger partial charge in [0, 0.05) is 0 Å². The van der Waals surface area contributed by atoms with Gasteiger partial charge in [0.2, 0.25) is 0 Å². The van der Waals surface area contributed by atoms with Crippen molar-refractivity contribution in [1.82, 2.24) is 0 Å². The molecule has 0 bridgehead atoms. The van der Waals surface area contributed by atoms with Gasteiger partial charge in [0.05, 0.1) is 24.3 Å². The maximum atomic E-state index is 12.7. The van der Waals surface area contributed by atoms with Gasteiger partial charge in [-0.3, -0.25) is 4.79 Å². The lowest BCUT2D eigenvalue weighted by Crippen LogP contribution is -2.11. The Morgan fingerprint density at radius 2 is 1.62 bits per heavy atom. The molecule has 1 fully saturated rings. The number of methoxy groups -OCH3 is 2. The van der Waals surface area contributed by atoms with Crippen LogP contribution in [0.15, 0.2) is 6.07 Å². The van der Waals surface area contributed by atoms with Crippen molar-refractivity contribution in [2.24, 2.45) is 0 Å². The molecule has 0 heterocycles. The second-order valence-corrected chi connectivity index (χ2v) is 7.46. The van der Waals surface area contributed by atoms with Gasteiger partial charge in [0.1, 0.15) is 5.56 Å². The molecule has 0 aliphatic heterocycles. The minimum absolute atomic E-state index is 0.0139. The summed E-state index contributed by atoms with van der Waals surface area (Å²) in [6.07, 6.45) is 5.90. The SMILES string of the molecule is COc1c(Cl)cc(Cl)c(OC)c1C(=O)PC1CCCCC1. The first-order valence-electron chi connectivity index (χ1n) is 6.99. The van der Waals surface area contributed by atoms with Crippen molar-refractivity contribution < 1.29 is 14.3 Å². The van der Waals surface area contributed by atoms with Gasteiger partial charge < -0.3 is 9.47 Å². The second-order valence-electron chi connectivity index (χ2n) is 5.09. The summed E-state index contributed by atoms with van der Waals surface area (Å²) in [6.45, 7) is 0. The van der Waals surface area contributed by atoms with Gasteiger partial charge in [-0.1, -0.05) is 42.5 Å². The van der Waals surface area contributed by atoms with E-state index in [9.17, 15) is 4.79 Å². The van der Waals surface area contributed by atoms with Gasteiger partial charge in [-0.05, 0) is 33.1 Å². The first kappa shape index (κ1) is 16.9. The molecule has 0 N–H and O–H groups in total. The van der Waals surface area contributed by atoms with Crippen molar-refractivity contribution in [3.63, 3.8) is 0 Å². The van der Waals surface area contributed by atoms with E-state index in [0.717, 1.165) is 12.8 Å². The highest BCUT2D eigenvalue weighted by molar-refractivity contribution is 7.59. The summed E-state index contributed by atoms with van der Waals surface area (Å²) in [6, 6.07) is 1.54. The molecule has 2 rings (SSSR count). The molecule has 1 aliphatic rings. The van der Waals surface area contributed by atoms with Gasteiger partial charge in [0.25, 0.3) is 0 Å². The Kier molecular flexibility index (Phi) is 6.16. The maximum Gasteiger partial charge on any atom is 0.188 e. The molecule has 1 aliphatic carbocycles. The lowest BCUT2D eigenvalue weighted by Gasteiger charge is -2.22. The molecule has 0 radical (unpaired) electrons. The zero-order valence-corrected chi connectivity index (χ0v) is 14.7. The van der Waals surface area contributed by atoms with Crippen LogP contribution in [0.1, 0.15) is 42.5 Å². The normalized spacial score (nSPS) is 16.4. The first-order valence-corrected chi connectivity index (χ1v) is 8.82. The average molecular weight is 349 g/mol. The summed E-state index contributed by atoms with van der Waals surface area (Å²) in [7, 11) is 3.20. The topological polar surface area (TPSA) is 35.5 Å². The van der Waals surface area contributed by atoms with E-state index < -0.39 is 0 Å². The van der Waals surface area contributed by atoms with E-state index in [1.165, 1.54) is 33.5 Å². The van der Waals surface area contributed by atoms with Crippen LogP contribution in [0, 0.1) is 0 Å². The maximum absolute atomic E-state index is 12.7. The highest BCUT2D eigenvalue weighted by Gasteiger charge is 2.26. The molecule has 1 atom stereocenters. The summed E-state index contributed by atoms with van der Waals surface area (Å²) >= 11 is 12.3. The molecule has 0 amide bonds. The standard InChI is InChI=1S/C15H19Cl2O3P/c1-19-13-10(16)8-11(17)14(20-2)12(13)15(18)21-9-6-4-3-5-7-9/h8-9,21H,3-7H2,1-2H3. The van der Waals surface area contributed by atoms with E-state index >= 15 is 0 Å². The first-order chi connectivity index (χ1) is 10.1. The van der Waals surface area contributed by atoms with Crippen LogP contribution in [0.2, 0.25) is 10.0 Å². The molecule has 3 nitrogen and oxygen atoms in total. The van der Waals surface area contributed by atoms with E-state index in [1.54, 1.807) is 6.07 Å². The molecule has 0 saturated heterocycles. The molecule has 21 heavy (non-hydrogen) atoms. The Bertz CT molecular complexity index is 500. The van der Waals surface area contributed by atoms with Crippen molar-refractivity contribution in [3.8, 4) is 11.5 Å². The predicted octanol–water partition coefficient (Wildman–Crippen LogP) is 5.16. The Balaban J connectivity index is 2.33. The second kappa shape index (κ2) is 7.67. The number of benzene rings is 1. The number of hydrogen-bond acceptors (Lipinski definition) is 3. The third kappa shape index (κ3) is 3.83.